The van der Waals surface area contributed by atoms with E-state index in [1.165, 1.54) is 0 Å². The topological polar surface area (TPSA) is 101 Å². The van der Waals surface area contributed by atoms with Crippen LogP contribution in [-0.4, -0.2) is 53.9 Å². The summed E-state index contributed by atoms with van der Waals surface area (Å²) in [7, 11) is 1.58. The summed E-state index contributed by atoms with van der Waals surface area (Å²) in [4.78, 5) is 45.4. The number of nitrogens with zero attached hydrogens (tertiary/aromatic N) is 2. The van der Waals surface area contributed by atoms with Crippen molar-refractivity contribution in [3.05, 3.63) is 59.8 Å². The number of benzene rings is 1. The van der Waals surface area contributed by atoms with E-state index in [0.717, 1.165) is 43.2 Å². The molecule has 2 N–H and O–H groups in total. The minimum atomic E-state index is -0.762. The number of rotatable bonds is 11. The van der Waals surface area contributed by atoms with Crippen molar-refractivity contribution < 1.29 is 19.1 Å². The predicted molar refractivity (Wildman–Crippen MR) is 135 cm³/mol. The van der Waals surface area contributed by atoms with Crippen molar-refractivity contribution in [2.75, 3.05) is 25.6 Å². The molecule has 0 spiro atoms. The fourth-order valence-corrected chi connectivity index (χ4v) is 4.47. The molecule has 0 saturated heterocycles. The molecule has 0 radical (unpaired) electrons. The van der Waals surface area contributed by atoms with E-state index in [1.807, 2.05) is 31.2 Å². The van der Waals surface area contributed by atoms with Gasteiger partial charge in [0, 0.05) is 38.7 Å². The summed E-state index contributed by atoms with van der Waals surface area (Å²) in [6, 6.07) is 12.2. The minimum absolute atomic E-state index is 0.0167. The molecular weight excluding hydrogens is 444 g/mol. The van der Waals surface area contributed by atoms with Gasteiger partial charge < -0.3 is 20.3 Å². The van der Waals surface area contributed by atoms with Gasteiger partial charge in [0.25, 0.3) is 0 Å². The fraction of sp³-hybridized carbons (Fsp3) is 0.481. The van der Waals surface area contributed by atoms with Gasteiger partial charge in [0.2, 0.25) is 17.7 Å². The Morgan fingerprint density at radius 1 is 1.06 bits per heavy atom. The first-order valence-electron chi connectivity index (χ1n) is 12.3. The van der Waals surface area contributed by atoms with Gasteiger partial charge >= 0.3 is 0 Å². The molecule has 0 bridgehead atoms. The Hall–Kier alpha value is -3.26. The van der Waals surface area contributed by atoms with E-state index in [-0.39, 0.29) is 36.6 Å². The zero-order chi connectivity index (χ0) is 25.0. The van der Waals surface area contributed by atoms with Crippen LogP contribution in [0.4, 0.5) is 5.82 Å². The van der Waals surface area contributed by atoms with Gasteiger partial charge in [-0.1, -0.05) is 55.2 Å². The molecule has 2 aromatic rings. The molecule has 8 nitrogen and oxygen atoms in total. The molecule has 1 aliphatic rings. The van der Waals surface area contributed by atoms with Crippen LogP contribution in [0, 0.1) is 6.92 Å². The summed E-state index contributed by atoms with van der Waals surface area (Å²) in [6.07, 6.45) is 6.48. The number of nitrogens with one attached hydrogen (secondary N) is 2. The van der Waals surface area contributed by atoms with Crippen LogP contribution in [-0.2, 0) is 19.1 Å². The fourth-order valence-electron chi connectivity index (χ4n) is 4.47. The maximum Gasteiger partial charge on any atom is 0.247 e. The van der Waals surface area contributed by atoms with Gasteiger partial charge in [-0.15, -0.1) is 0 Å². The molecule has 3 rings (SSSR count). The van der Waals surface area contributed by atoms with Crippen molar-refractivity contribution >= 4 is 23.5 Å². The van der Waals surface area contributed by atoms with Crippen LogP contribution in [0.15, 0.2) is 48.7 Å². The van der Waals surface area contributed by atoms with E-state index in [9.17, 15) is 14.4 Å². The van der Waals surface area contributed by atoms with E-state index in [1.54, 1.807) is 36.4 Å². The molecule has 3 amide bonds. The second-order valence-electron chi connectivity index (χ2n) is 8.95. The smallest absolute Gasteiger partial charge is 0.247 e. The third-order valence-electron chi connectivity index (χ3n) is 6.28. The van der Waals surface area contributed by atoms with Crippen LogP contribution in [0.25, 0.3) is 0 Å². The van der Waals surface area contributed by atoms with Gasteiger partial charge in [-0.05, 0) is 37.5 Å². The maximum atomic E-state index is 13.6. The Morgan fingerprint density at radius 2 is 1.80 bits per heavy atom. The van der Waals surface area contributed by atoms with Crippen molar-refractivity contribution in [3.63, 3.8) is 0 Å². The first-order chi connectivity index (χ1) is 17.0. The lowest BCUT2D eigenvalue weighted by atomic mass is 9.91. The van der Waals surface area contributed by atoms with Crippen LogP contribution < -0.4 is 10.6 Å². The molecule has 1 aliphatic carbocycles. The van der Waals surface area contributed by atoms with E-state index >= 15 is 0 Å². The number of carbonyl (C=O) groups excluding carboxylic acids is 3. The van der Waals surface area contributed by atoms with Crippen molar-refractivity contribution in [3.8, 4) is 0 Å². The second kappa shape index (κ2) is 13.6. The summed E-state index contributed by atoms with van der Waals surface area (Å²) < 4.78 is 5.09. The number of methoxy groups -OCH3 is 1. The van der Waals surface area contributed by atoms with Crippen molar-refractivity contribution in [1.82, 2.24) is 15.2 Å². The molecule has 1 atom stereocenters. The lowest BCUT2D eigenvalue weighted by Gasteiger charge is -2.39. The van der Waals surface area contributed by atoms with E-state index in [4.69, 9.17) is 4.74 Å². The lowest BCUT2D eigenvalue weighted by molar-refractivity contribution is -0.145. The average Bonchev–Trinajstić information content (AvgIpc) is 2.87. The Bertz CT molecular complexity index is 959. The second-order valence-corrected chi connectivity index (χ2v) is 8.95. The molecule has 0 unspecified atom stereocenters. The normalized spacial score (nSPS) is 14.7. The third kappa shape index (κ3) is 7.89. The molecule has 1 aromatic heterocycles. The number of amides is 3. The molecule has 1 saturated carbocycles. The predicted octanol–water partition coefficient (Wildman–Crippen LogP) is 3.77. The molecule has 8 heteroatoms. The van der Waals surface area contributed by atoms with Gasteiger partial charge in [0.05, 0.1) is 6.61 Å². The first-order valence-corrected chi connectivity index (χ1v) is 12.3. The van der Waals surface area contributed by atoms with E-state index in [2.05, 4.69) is 15.6 Å². The number of anilines is 1. The highest BCUT2D eigenvalue weighted by Gasteiger charge is 2.36. The van der Waals surface area contributed by atoms with Crippen molar-refractivity contribution in [2.45, 2.75) is 64.0 Å². The zero-order valence-corrected chi connectivity index (χ0v) is 20.7. The highest BCUT2D eigenvalue weighted by atomic mass is 16.5. The Balaban J connectivity index is 1.81. The molecule has 0 aliphatic heterocycles. The summed E-state index contributed by atoms with van der Waals surface area (Å²) in [5.41, 5.74) is 1.84. The standard InChI is InChI=1S/C27H36N4O4/c1-20-11-13-21(14-12-20)26(27(34)29-18-19-35-2)31(22-8-4-3-5-9-22)25(33)16-15-24(32)30-23-10-6-7-17-28-23/h6-7,10-14,17,22,26H,3-5,8-9,15-16,18-19H2,1-2H3,(H,29,34)(H,28,30,32)/t26-/m0/s1. The SMILES string of the molecule is COCCNC(=O)[C@H](c1ccc(C)cc1)N(C(=O)CCC(=O)Nc1ccccn1)C1CCCCC1. The number of carbonyl (C=O) groups is 3. The van der Waals surface area contributed by atoms with E-state index in [0.29, 0.717) is 19.0 Å². The lowest BCUT2D eigenvalue weighted by Crippen LogP contribution is -2.49. The Morgan fingerprint density at radius 3 is 2.46 bits per heavy atom. The van der Waals surface area contributed by atoms with Gasteiger partial charge in [-0.2, -0.15) is 0 Å². The summed E-state index contributed by atoms with van der Waals surface area (Å²) in [5.74, 6) is -0.260. The number of aryl methyl sites for hydroxylation is 1. The van der Waals surface area contributed by atoms with Gasteiger partial charge in [0.1, 0.15) is 11.9 Å². The number of hydrogen-bond donors (Lipinski definition) is 2. The van der Waals surface area contributed by atoms with Crippen LogP contribution in [0.5, 0.6) is 0 Å². The summed E-state index contributed by atoms with van der Waals surface area (Å²) >= 11 is 0. The monoisotopic (exact) mass is 480 g/mol. The van der Waals surface area contributed by atoms with Gasteiger partial charge in [-0.25, -0.2) is 4.98 Å². The van der Waals surface area contributed by atoms with Gasteiger partial charge in [-0.3, -0.25) is 14.4 Å². The van der Waals surface area contributed by atoms with Crippen molar-refractivity contribution in [1.29, 1.82) is 0 Å². The summed E-state index contributed by atoms with van der Waals surface area (Å²) in [5, 5.41) is 5.65. The van der Waals surface area contributed by atoms with Gasteiger partial charge in [0.15, 0.2) is 0 Å². The van der Waals surface area contributed by atoms with Crippen LogP contribution in [0.2, 0.25) is 0 Å². The van der Waals surface area contributed by atoms with E-state index < -0.39 is 6.04 Å². The maximum absolute atomic E-state index is 13.6. The summed E-state index contributed by atoms with van der Waals surface area (Å²) in [6.45, 7) is 2.73. The first kappa shape index (κ1) is 26.3. The average molecular weight is 481 g/mol. The quantitative estimate of drug-likeness (QED) is 0.477. The molecular formula is C27H36N4O4. The molecule has 35 heavy (non-hydrogen) atoms. The Labute approximate surface area is 207 Å². The van der Waals surface area contributed by atoms with Crippen LogP contribution in [0.3, 0.4) is 0 Å². The number of hydrogen-bond acceptors (Lipinski definition) is 5. The van der Waals surface area contributed by atoms with Crippen LogP contribution >= 0.6 is 0 Å². The molecule has 188 valence electrons. The Kier molecular flexibility index (Phi) is 10.2. The highest BCUT2D eigenvalue weighted by molar-refractivity contribution is 5.94. The highest BCUT2D eigenvalue weighted by Crippen LogP contribution is 2.32. The molecule has 1 aromatic carbocycles. The minimum Gasteiger partial charge on any atom is -0.383 e. The largest absolute Gasteiger partial charge is 0.383 e. The van der Waals surface area contributed by atoms with Crippen molar-refractivity contribution in [2.24, 2.45) is 0 Å². The number of aromatic nitrogens is 1. The number of ether oxygens (including phenoxy) is 1. The molecule has 1 heterocycles. The number of pyridine rings is 1. The molecule has 1 fully saturated rings. The zero-order valence-electron chi connectivity index (χ0n) is 20.7. The van der Waals surface area contributed by atoms with Crippen LogP contribution in [0.1, 0.15) is 62.1 Å². The third-order valence-corrected chi connectivity index (χ3v) is 6.28.